The molecule has 0 atom stereocenters. The molecule has 0 aromatic carbocycles. The highest BCUT2D eigenvalue weighted by Gasteiger charge is 1.96. The van der Waals surface area contributed by atoms with E-state index in [0.717, 1.165) is 4.47 Å². The second-order valence-electron chi connectivity index (χ2n) is 1.61. The van der Waals surface area contributed by atoms with Crippen molar-refractivity contribution in [1.82, 2.24) is 4.98 Å². The van der Waals surface area contributed by atoms with Crippen molar-refractivity contribution in [2.24, 2.45) is 0 Å². The molecule has 1 heterocycles. The Morgan fingerprint density at radius 3 is 2.80 bits per heavy atom. The Balaban J connectivity index is 3.22. The zero-order valence-electron chi connectivity index (χ0n) is 4.81. The molecule has 50 valence electrons. The topological polar surface area (TPSA) is 36.7 Å². The van der Waals surface area contributed by atoms with Gasteiger partial charge in [-0.25, -0.2) is 4.98 Å². The molecule has 0 radical (unpaired) electrons. The Bertz CT molecular complexity index is 272. The molecule has 4 heteroatoms. The maximum atomic E-state index is 8.39. The SMILES string of the molecule is N#Cc1cc(Br)cc(Cl)n1. The van der Waals surface area contributed by atoms with Crippen LogP contribution in [0.25, 0.3) is 0 Å². The minimum absolute atomic E-state index is 0.319. The van der Waals surface area contributed by atoms with Crippen molar-refractivity contribution in [3.63, 3.8) is 0 Å². The van der Waals surface area contributed by atoms with Crippen LogP contribution in [-0.4, -0.2) is 4.98 Å². The molecule has 0 fully saturated rings. The summed E-state index contributed by atoms with van der Waals surface area (Å²) >= 11 is 8.71. The molecule has 1 rings (SSSR count). The Hall–Kier alpha value is -0.590. The van der Waals surface area contributed by atoms with Crippen LogP contribution in [0.3, 0.4) is 0 Å². The van der Waals surface area contributed by atoms with Crippen molar-refractivity contribution in [3.05, 3.63) is 27.5 Å². The zero-order valence-corrected chi connectivity index (χ0v) is 7.15. The van der Waals surface area contributed by atoms with E-state index in [4.69, 9.17) is 16.9 Å². The van der Waals surface area contributed by atoms with Crippen LogP contribution in [0.15, 0.2) is 16.6 Å². The molecule has 0 saturated heterocycles. The van der Waals surface area contributed by atoms with Gasteiger partial charge in [-0.2, -0.15) is 5.26 Å². The fourth-order valence-corrected chi connectivity index (χ4v) is 1.30. The van der Waals surface area contributed by atoms with Gasteiger partial charge in [0.15, 0.2) is 0 Å². The van der Waals surface area contributed by atoms with E-state index in [1.54, 1.807) is 12.1 Å². The molecule has 1 aromatic rings. The fourth-order valence-electron chi connectivity index (χ4n) is 0.523. The second-order valence-corrected chi connectivity index (χ2v) is 2.91. The third-order valence-corrected chi connectivity index (χ3v) is 1.52. The summed E-state index contributed by atoms with van der Waals surface area (Å²) in [5.74, 6) is 0. The molecule has 10 heavy (non-hydrogen) atoms. The number of hydrogen-bond acceptors (Lipinski definition) is 2. The normalized spacial score (nSPS) is 8.90. The van der Waals surface area contributed by atoms with Gasteiger partial charge in [-0.1, -0.05) is 27.5 Å². The number of nitriles is 1. The van der Waals surface area contributed by atoms with Gasteiger partial charge in [-0.15, -0.1) is 0 Å². The van der Waals surface area contributed by atoms with E-state index in [2.05, 4.69) is 20.9 Å². The average molecular weight is 217 g/mol. The van der Waals surface area contributed by atoms with Gasteiger partial charge in [-0.3, -0.25) is 0 Å². The molecular weight excluding hydrogens is 215 g/mol. The number of hydrogen-bond donors (Lipinski definition) is 0. The standard InChI is InChI=1S/C6H2BrClN2/c7-4-1-5(3-9)10-6(8)2-4/h1-2H. The zero-order chi connectivity index (χ0) is 7.56. The summed E-state index contributed by atoms with van der Waals surface area (Å²) < 4.78 is 0.768. The highest BCUT2D eigenvalue weighted by atomic mass is 79.9. The van der Waals surface area contributed by atoms with E-state index >= 15 is 0 Å². The summed E-state index contributed by atoms with van der Waals surface area (Å²) in [5, 5.41) is 8.72. The lowest BCUT2D eigenvalue weighted by Gasteiger charge is -1.91. The first-order valence-corrected chi connectivity index (χ1v) is 3.62. The highest BCUT2D eigenvalue weighted by molar-refractivity contribution is 9.10. The first-order valence-electron chi connectivity index (χ1n) is 2.45. The van der Waals surface area contributed by atoms with E-state index in [-0.39, 0.29) is 0 Å². The molecule has 1 aromatic heterocycles. The van der Waals surface area contributed by atoms with E-state index < -0.39 is 0 Å². The lowest BCUT2D eigenvalue weighted by molar-refractivity contribution is 1.25. The summed E-state index contributed by atoms with van der Waals surface area (Å²) in [6, 6.07) is 5.11. The lowest BCUT2D eigenvalue weighted by Crippen LogP contribution is -1.81. The van der Waals surface area contributed by atoms with E-state index in [0.29, 0.717) is 10.8 Å². The van der Waals surface area contributed by atoms with Crippen LogP contribution >= 0.6 is 27.5 Å². The van der Waals surface area contributed by atoms with Gasteiger partial charge in [0.05, 0.1) is 0 Å². The quantitative estimate of drug-likeness (QED) is 0.626. The molecule has 0 aliphatic carbocycles. The van der Waals surface area contributed by atoms with Gasteiger partial charge < -0.3 is 0 Å². The maximum Gasteiger partial charge on any atom is 0.143 e. The summed E-state index contributed by atoms with van der Waals surface area (Å²) in [5.41, 5.74) is 0.319. The molecule has 0 amide bonds. The number of pyridine rings is 1. The predicted octanol–water partition coefficient (Wildman–Crippen LogP) is 2.37. The lowest BCUT2D eigenvalue weighted by atomic mass is 10.4. The van der Waals surface area contributed by atoms with Crippen LogP contribution in [0, 0.1) is 11.3 Å². The minimum Gasteiger partial charge on any atom is -0.225 e. The Morgan fingerprint density at radius 1 is 1.60 bits per heavy atom. The number of aromatic nitrogens is 1. The van der Waals surface area contributed by atoms with Crippen molar-refractivity contribution in [3.8, 4) is 6.07 Å². The highest BCUT2D eigenvalue weighted by Crippen LogP contribution is 2.15. The predicted molar refractivity (Wildman–Crippen MR) is 41.7 cm³/mol. The van der Waals surface area contributed by atoms with E-state index in [1.807, 2.05) is 6.07 Å². The van der Waals surface area contributed by atoms with Gasteiger partial charge >= 0.3 is 0 Å². The second kappa shape index (κ2) is 3.00. The fraction of sp³-hybridized carbons (Fsp3) is 0. The summed E-state index contributed by atoms with van der Waals surface area (Å²) in [6.45, 7) is 0. The van der Waals surface area contributed by atoms with E-state index in [1.165, 1.54) is 0 Å². The third-order valence-electron chi connectivity index (χ3n) is 0.873. The van der Waals surface area contributed by atoms with Crippen LogP contribution in [0.2, 0.25) is 5.15 Å². The van der Waals surface area contributed by atoms with Crippen LogP contribution in [-0.2, 0) is 0 Å². The van der Waals surface area contributed by atoms with Gasteiger partial charge in [0.2, 0.25) is 0 Å². The number of rotatable bonds is 0. The first-order chi connectivity index (χ1) is 4.72. The molecular formula is C6H2BrClN2. The van der Waals surface area contributed by atoms with Crippen molar-refractivity contribution in [2.75, 3.05) is 0 Å². The molecule has 0 N–H and O–H groups in total. The Labute approximate surface area is 71.6 Å². The molecule has 0 saturated carbocycles. The van der Waals surface area contributed by atoms with Gasteiger partial charge in [0, 0.05) is 4.47 Å². The smallest absolute Gasteiger partial charge is 0.143 e. The van der Waals surface area contributed by atoms with Crippen LogP contribution < -0.4 is 0 Å². The van der Waals surface area contributed by atoms with Gasteiger partial charge in [0.1, 0.15) is 16.9 Å². The summed E-state index contributed by atoms with van der Waals surface area (Å²) in [6.07, 6.45) is 0. The first kappa shape index (κ1) is 7.52. The van der Waals surface area contributed by atoms with Crippen molar-refractivity contribution in [2.45, 2.75) is 0 Å². The largest absolute Gasteiger partial charge is 0.225 e. The minimum atomic E-state index is 0.319. The molecule has 0 aliphatic rings. The molecule has 0 unspecified atom stereocenters. The van der Waals surface area contributed by atoms with Gasteiger partial charge in [-0.05, 0) is 12.1 Å². The molecule has 2 nitrogen and oxygen atoms in total. The summed E-state index contributed by atoms with van der Waals surface area (Å²) in [4.78, 5) is 3.73. The van der Waals surface area contributed by atoms with Crippen molar-refractivity contribution >= 4 is 27.5 Å². The van der Waals surface area contributed by atoms with Crippen LogP contribution in [0.4, 0.5) is 0 Å². The summed E-state index contributed by atoms with van der Waals surface area (Å²) in [7, 11) is 0. The van der Waals surface area contributed by atoms with Gasteiger partial charge in [0.25, 0.3) is 0 Å². The van der Waals surface area contributed by atoms with Crippen LogP contribution in [0.5, 0.6) is 0 Å². The average Bonchev–Trinajstić information content (AvgIpc) is 1.85. The van der Waals surface area contributed by atoms with Crippen molar-refractivity contribution in [1.29, 1.82) is 5.26 Å². The number of nitrogens with zero attached hydrogens (tertiary/aromatic N) is 2. The van der Waals surface area contributed by atoms with Crippen LogP contribution in [0.1, 0.15) is 5.69 Å². The Kier molecular flexibility index (Phi) is 2.25. The third kappa shape index (κ3) is 1.69. The monoisotopic (exact) mass is 216 g/mol. The molecule has 0 spiro atoms. The van der Waals surface area contributed by atoms with E-state index in [9.17, 15) is 0 Å². The molecule has 0 aliphatic heterocycles. The number of halogens is 2. The Morgan fingerprint density at radius 2 is 2.30 bits per heavy atom. The maximum absolute atomic E-state index is 8.39. The van der Waals surface area contributed by atoms with Crippen molar-refractivity contribution < 1.29 is 0 Å². The molecule has 0 bridgehead atoms.